The van der Waals surface area contributed by atoms with Crippen LogP contribution in [-0.4, -0.2) is 34.7 Å². The van der Waals surface area contributed by atoms with Crippen LogP contribution in [0.4, 0.5) is 0 Å². The number of carbonyl (C=O) groups excluding carboxylic acids is 1. The standard InChI is InChI=1S/C29H35N7OS/c1-20(10-11-23-22(3)24(12-13-29(23,4)5)35-15-14-30-17-35)8-7-9-21(2)16-25(37)33-36-19-32-27-26(28(36)38)31-18-34(27)6/h7-11,14-19,24H,12-13H2,1-6H3,(H,33,37)/b9-7+,11-10+,20-8+,21-16+. The summed E-state index contributed by atoms with van der Waals surface area (Å²) in [4.78, 5) is 25.3. The molecule has 0 saturated heterocycles. The van der Waals surface area contributed by atoms with Crippen molar-refractivity contribution in [3.05, 3.63) is 94.8 Å². The fourth-order valence-electron chi connectivity index (χ4n) is 4.86. The largest absolute Gasteiger partial charge is 0.330 e. The van der Waals surface area contributed by atoms with Crippen molar-refractivity contribution in [3.63, 3.8) is 0 Å². The van der Waals surface area contributed by atoms with Crippen molar-refractivity contribution in [1.82, 2.24) is 28.8 Å². The first-order chi connectivity index (χ1) is 18.1. The summed E-state index contributed by atoms with van der Waals surface area (Å²) in [5.74, 6) is -0.296. The third kappa shape index (κ3) is 5.99. The Morgan fingerprint density at radius 1 is 1.16 bits per heavy atom. The van der Waals surface area contributed by atoms with Gasteiger partial charge in [0.05, 0.1) is 18.7 Å². The van der Waals surface area contributed by atoms with Crippen molar-refractivity contribution in [2.75, 3.05) is 5.43 Å². The summed E-state index contributed by atoms with van der Waals surface area (Å²) in [6.07, 6.45) is 23.0. The lowest BCUT2D eigenvalue weighted by Crippen LogP contribution is -2.25. The topological polar surface area (TPSA) is 82.6 Å². The average molecular weight is 530 g/mol. The molecular formula is C29H35N7OS. The zero-order chi connectivity index (χ0) is 27.4. The van der Waals surface area contributed by atoms with E-state index in [0.29, 0.717) is 21.8 Å². The third-order valence-electron chi connectivity index (χ3n) is 7.02. The van der Waals surface area contributed by atoms with Crippen molar-refractivity contribution in [1.29, 1.82) is 0 Å². The van der Waals surface area contributed by atoms with Gasteiger partial charge in [0.15, 0.2) is 10.3 Å². The Morgan fingerprint density at radius 3 is 2.68 bits per heavy atom. The number of carbonyl (C=O) groups is 1. The van der Waals surface area contributed by atoms with E-state index in [0.717, 1.165) is 24.0 Å². The van der Waals surface area contributed by atoms with E-state index in [1.807, 2.05) is 50.9 Å². The Balaban J connectivity index is 1.42. The highest BCUT2D eigenvalue weighted by Gasteiger charge is 2.32. The van der Waals surface area contributed by atoms with Gasteiger partial charge in [0, 0.05) is 25.5 Å². The molecule has 0 radical (unpaired) electrons. The fraction of sp³-hybridized carbons (Fsp3) is 0.345. The number of rotatable bonds is 7. The van der Waals surface area contributed by atoms with Crippen LogP contribution in [0.1, 0.15) is 53.5 Å². The molecule has 4 rings (SSSR count). The summed E-state index contributed by atoms with van der Waals surface area (Å²) in [5.41, 5.74) is 8.80. The molecule has 198 valence electrons. The van der Waals surface area contributed by atoms with Gasteiger partial charge in [-0.25, -0.2) is 19.6 Å². The summed E-state index contributed by atoms with van der Waals surface area (Å²) < 4.78 is 5.80. The SMILES string of the molecule is CC1=C(/C=C/C(C)=C/C=C/C(C)=C/C(=O)Nn2cnc3c(ncn3C)c2=S)C(C)(C)CCC1n1ccnc1. The van der Waals surface area contributed by atoms with Crippen molar-refractivity contribution >= 4 is 29.3 Å². The quantitative estimate of drug-likeness (QED) is 0.226. The second kappa shape index (κ2) is 11.3. The molecule has 38 heavy (non-hydrogen) atoms. The second-order valence-corrected chi connectivity index (χ2v) is 10.8. The molecule has 1 atom stereocenters. The number of amides is 1. The highest BCUT2D eigenvalue weighted by atomic mass is 32.1. The molecule has 3 aromatic heterocycles. The predicted octanol–water partition coefficient (Wildman–Crippen LogP) is 6.15. The molecule has 8 nitrogen and oxygen atoms in total. The van der Waals surface area contributed by atoms with Gasteiger partial charge < -0.3 is 9.13 Å². The summed E-state index contributed by atoms with van der Waals surface area (Å²) in [5, 5.41) is 0. The van der Waals surface area contributed by atoms with Gasteiger partial charge in [-0.3, -0.25) is 10.2 Å². The minimum Gasteiger partial charge on any atom is -0.330 e. The Hall–Kier alpha value is -3.85. The van der Waals surface area contributed by atoms with Crippen LogP contribution < -0.4 is 5.43 Å². The summed E-state index contributed by atoms with van der Waals surface area (Å²) >= 11 is 5.43. The van der Waals surface area contributed by atoms with Gasteiger partial charge in [-0.2, -0.15) is 0 Å². The molecule has 1 aliphatic rings. The van der Waals surface area contributed by atoms with E-state index in [1.165, 1.54) is 28.2 Å². The number of nitrogens with one attached hydrogen (secondary N) is 1. The van der Waals surface area contributed by atoms with Gasteiger partial charge in [0.25, 0.3) is 5.91 Å². The molecule has 0 aliphatic heterocycles. The number of imidazole rings is 2. The molecule has 1 N–H and O–H groups in total. The predicted molar refractivity (Wildman–Crippen MR) is 154 cm³/mol. The smallest absolute Gasteiger partial charge is 0.263 e. The lowest BCUT2D eigenvalue weighted by atomic mass is 9.71. The zero-order valence-corrected chi connectivity index (χ0v) is 23.7. The minimum atomic E-state index is -0.296. The van der Waals surface area contributed by atoms with Crippen LogP contribution in [-0.2, 0) is 11.8 Å². The lowest BCUT2D eigenvalue weighted by molar-refractivity contribution is -0.112. The normalized spacial score (nSPS) is 18.7. The van der Waals surface area contributed by atoms with Crippen LogP contribution in [0.15, 0.2) is 90.1 Å². The maximum absolute atomic E-state index is 12.5. The van der Waals surface area contributed by atoms with Gasteiger partial charge in [-0.05, 0) is 55.7 Å². The number of hydrogen-bond acceptors (Lipinski definition) is 5. The molecule has 1 unspecified atom stereocenters. The van der Waals surface area contributed by atoms with Crippen LogP contribution >= 0.6 is 12.2 Å². The molecular weight excluding hydrogens is 494 g/mol. The van der Waals surface area contributed by atoms with E-state index in [9.17, 15) is 4.79 Å². The maximum atomic E-state index is 12.5. The van der Waals surface area contributed by atoms with E-state index in [4.69, 9.17) is 12.2 Å². The highest BCUT2D eigenvalue weighted by Crippen LogP contribution is 2.45. The fourth-order valence-corrected chi connectivity index (χ4v) is 5.10. The third-order valence-corrected chi connectivity index (χ3v) is 7.41. The molecule has 0 aromatic carbocycles. The highest BCUT2D eigenvalue weighted by molar-refractivity contribution is 7.71. The Kier molecular flexibility index (Phi) is 8.06. The minimum absolute atomic E-state index is 0.125. The van der Waals surface area contributed by atoms with Crippen LogP contribution in [0.3, 0.4) is 0 Å². The van der Waals surface area contributed by atoms with E-state index < -0.39 is 0 Å². The number of aryl methyl sites for hydroxylation is 1. The Labute approximate surface area is 228 Å². The van der Waals surface area contributed by atoms with Gasteiger partial charge in [-0.15, -0.1) is 0 Å². The monoisotopic (exact) mass is 529 g/mol. The molecule has 0 bridgehead atoms. The van der Waals surface area contributed by atoms with Crippen LogP contribution in [0.5, 0.6) is 0 Å². The molecule has 3 aromatic rings. The molecule has 1 amide bonds. The van der Waals surface area contributed by atoms with E-state index in [1.54, 1.807) is 10.9 Å². The Bertz CT molecular complexity index is 1540. The maximum Gasteiger partial charge on any atom is 0.263 e. The molecule has 3 heterocycles. The van der Waals surface area contributed by atoms with Gasteiger partial charge >= 0.3 is 0 Å². The van der Waals surface area contributed by atoms with Crippen LogP contribution in [0.2, 0.25) is 0 Å². The van der Waals surface area contributed by atoms with E-state index >= 15 is 0 Å². The van der Waals surface area contributed by atoms with Crippen LogP contribution in [0, 0.1) is 10.1 Å². The summed E-state index contributed by atoms with van der Waals surface area (Å²) in [7, 11) is 1.85. The first-order valence-corrected chi connectivity index (χ1v) is 13.1. The molecule has 0 fully saturated rings. The Morgan fingerprint density at radius 2 is 1.95 bits per heavy atom. The van der Waals surface area contributed by atoms with Crippen molar-refractivity contribution < 1.29 is 4.79 Å². The van der Waals surface area contributed by atoms with Crippen molar-refractivity contribution in [2.24, 2.45) is 12.5 Å². The van der Waals surface area contributed by atoms with Crippen molar-refractivity contribution in [2.45, 2.75) is 53.5 Å². The number of hydrogen-bond donors (Lipinski definition) is 1. The molecule has 1 aliphatic carbocycles. The number of allylic oxidation sites excluding steroid dienone is 9. The molecule has 0 spiro atoms. The first kappa shape index (κ1) is 27.2. The van der Waals surface area contributed by atoms with E-state index in [-0.39, 0.29) is 11.3 Å². The van der Waals surface area contributed by atoms with E-state index in [2.05, 4.69) is 64.8 Å². The van der Waals surface area contributed by atoms with Crippen molar-refractivity contribution in [3.8, 4) is 0 Å². The summed E-state index contributed by atoms with van der Waals surface area (Å²) in [6, 6.07) is 0.352. The first-order valence-electron chi connectivity index (χ1n) is 12.7. The molecule has 0 saturated carbocycles. The van der Waals surface area contributed by atoms with Gasteiger partial charge in [-0.1, -0.05) is 62.0 Å². The average Bonchev–Trinajstić information content (AvgIpc) is 3.51. The van der Waals surface area contributed by atoms with Gasteiger partial charge in [0.1, 0.15) is 11.8 Å². The number of aromatic nitrogens is 6. The zero-order valence-electron chi connectivity index (χ0n) is 22.8. The van der Waals surface area contributed by atoms with Crippen LogP contribution in [0.25, 0.3) is 11.2 Å². The summed E-state index contributed by atoms with van der Waals surface area (Å²) in [6.45, 7) is 10.8. The molecule has 9 heteroatoms. The number of fused-ring (bicyclic) bond motifs is 1. The second-order valence-electron chi connectivity index (χ2n) is 10.5. The lowest BCUT2D eigenvalue weighted by Gasteiger charge is -2.37. The van der Waals surface area contributed by atoms with Gasteiger partial charge in [0.2, 0.25) is 0 Å². The number of nitrogens with zero attached hydrogens (tertiary/aromatic N) is 6.